The van der Waals surface area contributed by atoms with Crippen LogP contribution in [0.15, 0.2) is 29.8 Å². The van der Waals surface area contributed by atoms with Gasteiger partial charge >= 0.3 is 0 Å². The van der Waals surface area contributed by atoms with Gasteiger partial charge in [-0.15, -0.1) is 0 Å². The lowest BCUT2D eigenvalue weighted by Crippen LogP contribution is -2.56. The average Bonchev–Trinajstić information content (AvgIpc) is 3.22. The van der Waals surface area contributed by atoms with E-state index in [0.717, 1.165) is 31.4 Å². The third-order valence-corrected chi connectivity index (χ3v) is 12.2. The molecular formula is C43H54N2O14S2. The van der Waals surface area contributed by atoms with Crippen LogP contribution in [0, 0.1) is 0 Å². The van der Waals surface area contributed by atoms with Crippen LogP contribution in [0.2, 0.25) is 0 Å². The molecule has 0 aromatic heterocycles. The first-order valence-electron chi connectivity index (χ1n) is 20.3. The Labute approximate surface area is 364 Å². The van der Waals surface area contributed by atoms with Gasteiger partial charge in [-0.25, -0.2) is 0 Å². The first-order valence-corrected chi connectivity index (χ1v) is 21.4. The molecule has 7 atom stereocenters. The van der Waals surface area contributed by atoms with Crippen LogP contribution in [0.4, 0.5) is 0 Å². The molecule has 0 bridgehead atoms. The summed E-state index contributed by atoms with van der Waals surface area (Å²) in [6, 6.07) is 3.26. The number of carbonyl (C=O) groups excluding carboxylic acids is 6. The van der Waals surface area contributed by atoms with Gasteiger partial charge in [0.15, 0.2) is 23.6 Å². The lowest BCUT2D eigenvalue weighted by Gasteiger charge is -2.43. The molecule has 1 aliphatic heterocycles. The van der Waals surface area contributed by atoms with Gasteiger partial charge in [-0.1, -0.05) is 18.6 Å². The summed E-state index contributed by atoms with van der Waals surface area (Å²) in [7, 11) is 1.30. The lowest BCUT2D eigenvalue weighted by atomic mass is 9.72. The third-order valence-electron chi connectivity index (χ3n) is 11.4. The molecular weight excluding hydrogens is 833 g/mol. The summed E-state index contributed by atoms with van der Waals surface area (Å²) >= 11 is 8.69. The molecule has 2 aromatic carbocycles. The minimum absolute atomic E-state index is 0.0465. The van der Waals surface area contributed by atoms with Gasteiger partial charge in [0.2, 0.25) is 17.6 Å². The lowest BCUT2D eigenvalue weighted by molar-refractivity contribution is -0.249. The van der Waals surface area contributed by atoms with E-state index in [2.05, 4.69) is 35.9 Å². The van der Waals surface area contributed by atoms with Gasteiger partial charge in [-0.3, -0.25) is 28.8 Å². The maximum Gasteiger partial charge on any atom is 0.247 e. The van der Waals surface area contributed by atoms with E-state index in [-0.39, 0.29) is 63.4 Å². The first-order chi connectivity index (χ1) is 29.0. The average molecular weight is 887 g/mol. The molecule has 2 aromatic rings. The number of ketones is 4. The van der Waals surface area contributed by atoms with E-state index in [9.17, 15) is 54.3 Å². The van der Waals surface area contributed by atoms with Gasteiger partial charge in [0, 0.05) is 66.2 Å². The second-order valence-corrected chi connectivity index (χ2v) is 16.9. The van der Waals surface area contributed by atoms with Gasteiger partial charge < -0.3 is 50.4 Å². The van der Waals surface area contributed by atoms with E-state index in [0.29, 0.717) is 19.4 Å². The van der Waals surface area contributed by atoms with Crippen LogP contribution in [0.3, 0.4) is 0 Å². The quantitative estimate of drug-likeness (QED) is 0.0364. The van der Waals surface area contributed by atoms with Crippen LogP contribution >= 0.6 is 25.3 Å². The molecule has 2 aliphatic carbocycles. The van der Waals surface area contributed by atoms with Gasteiger partial charge in [0.05, 0.1) is 42.0 Å². The molecule has 332 valence electrons. The maximum atomic E-state index is 14.0. The molecule has 5 unspecified atom stereocenters. The van der Waals surface area contributed by atoms with Crippen LogP contribution in [0.25, 0.3) is 0 Å². The summed E-state index contributed by atoms with van der Waals surface area (Å²) in [5.74, 6) is -4.55. The highest BCUT2D eigenvalue weighted by Gasteiger charge is 2.50. The van der Waals surface area contributed by atoms with Crippen LogP contribution in [-0.4, -0.2) is 122 Å². The van der Waals surface area contributed by atoms with Crippen molar-refractivity contribution < 1.29 is 68.5 Å². The number of fused-ring (bicyclic) bond motifs is 3. The number of aromatic hydroxyl groups is 2. The van der Waals surface area contributed by atoms with E-state index < -0.39 is 102 Å². The van der Waals surface area contributed by atoms with Crippen LogP contribution in [-0.2, 0) is 35.1 Å². The van der Waals surface area contributed by atoms with Crippen LogP contribution < -0.4 is 15.4 Å². The molecule has 5 rings (SSSR count). The van der Waals surface area contributed by atoms with E-state index in [1.165, 1.54) is 45.2 Å². The molecule has 16 nitrogen and oxygen atoms in total. The molecule has 1 fully saturated rings. The van der Waals surface area contributed by atoms with Gasteiger partial charge in [-0.2, -0.15) is 25.3 Å². The topological polar surface area (TPSA) is 255 Å². The predicted molar refractivity (Wildman–Crippen MR) is 226 cm³/mol. The minimum Gasteiger partial charge on any atom is -0.507 e. The Morgan fingerprint density at radius 3 is 2.44 bits per heavy atom. The normalized spacial score (nSPS) is 23.9. The highest BCUT2D eigenvalue weighted by Crippen LogP contribution is 2.52. The smallest absolute Gasteiger partial charge is 0.247 e. The molecule has 1 heterocycles. The first kappa shape index (κ1) is 47.7. The summed E-state index contributed by atoms with van der Waals surface area (Å²) in [4.78, 5) is 78.8. The highest BCUT2D eigenvalue weighted by molar-refractivity contribution is 7.81. The number of hydrogen-bond donors (Lipinski definition) is 9. The van der Waals surface area contributed by atoms with Crippen molar-refractivity contribution in [2.24, 2.45) is 0 Å². The molecule has 61 heavy (non-hydrogen) atoms. The van der Waals surface area contributed by atoms with Crippen molar-refractivity contribution in [2.45, 2.75) is 120 Å². The molecule has 0 spiro atoms. The van der Waals surface area contributed by atoms with Crippen molar-refractivity contribution >= 4 is 60.2 Å². The summed E-state index contributed by atoms with van der Waals surface area (Å²) in [5.41, 5.74) is -4.15. The fourth-order valence-corrected chi connectivity index (χ4v) is 8.88. The second-order valence-electron chi connectivity index (χ2n) is 15.7. The Balaban J connectivity index is 1.28. The summed E-state index contributed by atoms with van der Waals surface area (Å²) in [6.07, 6.45) is -1.13. The zero-order valence-corrected chi connectivity index (χ0v) is 36.1. The fourth-order valence-electron chi connectivity index (χ4n) is 8.06. The molecule has 0 radical (unpaired) electrons. The summed E-state index contributed by atoms with van der Waals surface area (Å²) in [6.45, 7) is 2.12. The number of rotatable bonds is 19. The Morgan fingerprint density at radius 1 is 1.03 bits per heavy atom. The van der Waals surface area contributed by atoms with Gasteiger partial charge in [-0.05, 0) is 57.4 Å². The molecule has 7 N–H and O–H groups in total. The van der Waals surface area contributed by atoms with Crippen LogP contribution in [0.5, 0.6) is 17.2 Å². The zero-order valence-electron chi connectivity index (χ0n) is 34.3. The minimum atomic E-state index is -2.37. The van der Waals surface area contributed by atoms with Crippen molar-refractivity contribution in [3.8, 4) is 17.2 Å². The maximum absolute atomic E-state index is 14.0. The number of methoxy groups -OCH3 is 1. The third kappa shape index (κ3) is 10.7. The van der Waals surface area contributed by atoms with E-state index in [1.807, 2.05) is 0 Å². The van der Waals surface area contributed by atoms with Crippen molar-refractivity contribution in [1.29, 1.82) is 0 Å². The van der Waals surface area contributed by atoms with Crippen LogP contribution in [0.1, 0.15) is 121 Å². The van der Waals surface area contributed by atoms with Gasteiger partial charge in [0.25, 0.3) is 0 Å². The Kier molecular flexibility index (Phi) is 16.2. The molecule has 2 amide bonds. The number of carbonyl (C=O) groups is 6. The highest BCUT2D eigenvalue weighted by atomic mass is 32.1. The monoisotopic (exact) mass is 886 g/mol. The standard InChI is InChI=1S/C43H54N2O14S2/c1-21(16-23(47)8-7-14-44-31(49)12-5-4-9-24(61)13-15-60)42(55)45-27-17-32(58-22(2)37(27)50)59-29-19-43(56,30(48)20-46)18-26-34(29)41(54)36-35(39(26)52)38(51)25-10-6-11-28(57-3)33(25)40(36)53/h6,10-11,16,22,24,27,29,32,37,46,50,52,54,56,60-61H,4-5,7-9,12-15,17-20H2,1-3H3,(H,44,49)(H,45,55)/b21-16+/t22?,24?,27?,29-,32?,37?,43-/m0/s1. The SMILES string of the molecule is COc1cccc2c1C(=O)c1c(O)c3c(c(O)c1C2=O)C[C@@](O)(C(=O)CO)C[C@@H]3OC1CC(NC(=O)/C(C)=C/C(=O)CCCNC(=O)CCCCC(S)CCS)C(O)C(C)O1. The molecule has 0 saturated carbocycles. The zero-order chi connectivity index (χ0) is 44.8. The van der Waals surface area contributed by atoms with Crippen molar-refractivity contribution in [2.75, 3.05) is 26.0 Å². The Morgan fingerprint density at radius 2 is 1.75 bits per heavy atom. The number of nitrogens with one attached hydrogen (secondary N) is 2. The summed E-state index contributed by atoms with van der Waals surface area (Å²) < 4.78 is 17.5. The van der Waals surface area contributed by atoms with E-state index in [1.54, 1.807) is 0 Å². The number of phenols is 2. The molecule has 1 saturated heterocycles. The van der Waals surface area contributed by atoms with Crippen molar-refractivity contribution in [3.05, 3.63) is 63.2 Å². The molecule has 3 aliphatic rings. The van der Waals surface area contributed by atoms with E-state index in [4.69, 9.17) is 14.2 Å². The number of hydrogen-bond acceptors (Lipinski definition) is 16. The number of allylic oxidation sites excluding steroid dienone is 1. The van der Waals surface area contributed by atoms with Crippen molar-refractivity contribution in [3.63, 3.8) is 0 Å². The summed E-state index contributed by atoms with van der Waals surface area (Å²) in [5, 5.41) is 61.5. The number of Topliss-reactive ketones (excluding diaryl/α,β-unsaturated/α-hetero) is 1. The van der Waals surface area contributed by atoms with E-state index >= 15 is 0 Å². The van der Waals surface area contributed by atoms with Crippen molar-refractivity contribution in [1.82, 2.24) is 10.6 Å². The fraction of sp³-hybridized carbons (Fsp3) is 0.535. The Bertz CT molecular complexity index is 2070. The Hall–Kier alpha value is -4.30. The number of phenolic OH excluding ortho intramolecular Hbond substituents is 2. The number of unbranched alkanes of at least 4 members (excludes halogenated alkanes) is 1. The number of ether oxygens (including phenoxy) is 3. The number of amides is 2. The predicted octanol–water partition coefficient (Wildman–Crippen LogP) is 2.75. The number of aliphatic hydroxyl groups excluding tert-OH is 2. The number of thiol groups is 2. The number of aliphatic hydroxyl groups is 3. The molecule has 18 heteroatoms. The largest absolute Gasteiger partial charge is 0.507 e. The second kappa shape index (κ2) is 20.7. The number of benzene rings is 2. The van der Waals surface area contributed by atoms with Gasteiger partial charge in [0.1, 0.15) is 35.6 Å².